The normalized spacial score (nSPS) is 33.5. The first-order valence-electron chi connectivity index (χ1n) is 8.59. The molecule has 0 aliphatic heterocycles. The summed E-state index contributed by atoms with van der Waals surface area (Å²) in [4.78, 5) is 10.2. The Morgan fingerprint density at radius 1 is 1.04 bits per heavy atom. The molecule has 0 saturated heterocycles. The smallest absolute Gasteiger partial charge is 0.163 e. The van der Waals surface area contributed by atoms with Crippen LogP contribution in [0.1, 0.15) is 44.1 Å². The van der Waals surface area contributed by atoms with Crippen LogP contribution in [-0.2, 0) is 11.3 Å². The fourth-order valence-electron chi connectivity index (χ4n) is 5.68. The summed E-state index contributed by atoms with van der Waals surface area (Å²) in [6.07, 6.45) is 7.51. The van der Waals surface area contributed by atoms with Crippen LogP contribution in [0.2, 0.25) is 0 Å². The van der Waals surface area contributed by atoms with Crippen LogP contribution in [0.5, 0.6) is 0 Å². The summed E-state index contributed by atoms with van der Waals surface area (Å²) in [5.41, 5.74) is 0.250. The number of hydrogen-bond acceptors (Lipinski definition) is 2. The number of hydrogen-bond donors (Lipinski definition) is 0. The highest BCUT2D eigenvalue weighted by atomic mass is 19.2. The number of nitrogens with zero attached hydrogens (tertiary/aromatic N) is 1. The predicted octanol–water partition coefficient (Wildman–Crippen LogP) is 4.32. The van der Waals surface area contributed by atoms with Crippen molar-refractivity contribution in [1.29, 1.82) is 0 Å². The minimum Gasteiger partial charge on any atom is -0.307 e. The summed E-state index contributed by atoms with van der Waals surface area (Å²) in [6, 6.07) is 1.75. The van der Waals surface area contributed by atoms with Crippen LogP contribution in [0, 0.1) is 35.2 Å². The molecule has 4 fully saturated rings. The third kappa shape index (κ3) is 2.99. The molecular formula is C19H24F3NO. The summed E-state index contributed by atoms with van der Waals surface area (Å²) in [5, 5.41) is 0. The molecule has 1 aromatic rings. The summed E-state index contributed by atoms with van der Waals surface area (Å²) < 4.78 is 40.8. The topological polar surface area (TPSA) is 20.3 Å². The maximum atomic E-state index is 13.9. The van der Waals surface area contributed by atoms with Crippen LogP contribution in [-0.4, -0.2) is 24.3 Å². The molecule has 0 aromatic heterocycles. The molecule has 4 saturated carbocycles. The van der Waals surface area contributed by atoms with E-state index in [0.717, 1.165) is 43.1 Å². The first kappa shape index (κ1) is 17.5. The molecule has 4 aliphatic rings. The van der Waals surface area contributed by atoms with Crippen LogP contribution in [0.15, 0.2) is 12.1 Å². The molecule has 132 valence electrons. The minimum atomic E-state index is -1.09. The van der Waals surface area contributed by atoms with Gasteiger partial charge in [0.05, 0.1) is 0 Å². The van der Waals surface area contributed by atoms with Crippen molar-refractivity contribution in [2.45, 2.75) is 50.6 Å². The maximum Gasteiger partial charge on any atom is 0.163 e. The molecule has 5 heteroatoms. The lowest BCUT2D eigenvalue weighted by atomic mass is 9.52. The number of carbonyl (C=O) groups is 1. The van der Waals surface area contributed by atoms with Gasteiger partial charge in [-0.15, -0.1) is 0 Å². The quantitative estimate of drug-likeness (QED) is 0.765. The molecule has 0 heterocycles. The summed E-state index contributed by atoms with van der Waals surface area (Å²) in [6.45, 7) is 2.28. The van der Waals surface area contributed by atoms with Gasteiger partial charge in [0.2, 0.25) is 0 Å². The van der Waals surface area contributed by atoms with E-state index in [1.165, 1.54) is 19.3 Å². The Balaban J connectivity index is 0.000000815. The van der Waals surface area contributed by atoms with Crippen LogP contribution in [0.4, 0.5) is 13.2 Å². The molecule has 0 unspecified atom stereocenters. The second-order valence-corrected chi connectivity index (χ2v) is 7.86. The van der Waals surface area contributed by atoms with Gasteiger partial charge in [0.15, 0.2) is 11.6 Å². The van der Waals surface area contributed by atoms with E-state index in [2.05, 4.69) is 4.90 Å². The fourth-order valence-corrected chi connectivity index (χ4v) is 5.68. The lowest BCUT2D eigenvalue weighted by Gasteiger charge is -2.60. The van der Waals surface area contributed by atoms with Gasteiger partial charge in [-0.25, -0.2) is 13.2 Å². The molecule has 0 atom stereocenters. The van der Waals surface area contributed by atoms with Gasteiger partial charge >= 0.3 is 0 Å². The molecule has 1 aromatic carbocycles. The zero-order chi connectivity index (χ0) is 17.5. The first-order chi connectivity index (χ1) is 11.4. The van der Waals surface area contributed by atoms with Gasteiger partial charge in [-0.2, -0.15) is 0 Å². The number of halogens is 3. The second kappa shape index (κ2) is 6.51. The third-order valence-electron chi connectivity index (χ3n) is 6.29. The van der Waals surface area contributed by atoms with Gasteiger partial charge in [-0.3, -0.25) is 4.90 Å². The first-order valence-corrected chi connectivity index (χ1v) is 8.59. The number of carbonyl (C=O) groups excluding carboxylic acids is 1. The number of rotatable bonds is 3. The lowest BCUT2D eigenvalue weighted by Crippen LogP contribution is -2.58. The van der Waals surface area contributed by atoms with Crippen molar-refractivity contribution in [3.8, 4) is 0 Å². The Morgan fingerprint density at radius 3 is 2.04 bits per heavy atom. The average Bonchev–Trinajstić information content (AvgIpc) is 2.52. The van der Waals surface area contributed by atoms with Crippen molar-refractivity contribution in [1.82, 2.24) is 4.90 Å². The van der Waals surface area contributed by atoms with Crippen molar-refractivity contribution in [3.05, 3.63) is 35.1 Å². The zero-order valence-electron chi connectivity index (χ0n) is 14.0. The van der Waals surface area contributed by atoms with Crippen molar-refractivity contribution >= 4 is 6.79 Å². The van der Waals surface area contributed by atoms with E-state index in [9.17, 15) is 13.2 Å². The van der Waals surface area contributed by atoms with Crippen molar-refractivity contribution in [2.75, 3.05) is 7.05 Å². The standard InChI is InChI=1S/C18H22F3N.CH2O/c1-22(10-14-5-15(19)6-16(20)17(14)21)18-7-11-2-12(8-18)4-13(3-11)9-18;1-2/h5-6,11-13H,2-4,7-10H2,1H3;1H2. The predicted molar refractivity (Wildman–Crippen MR) is 85.8 cm³/mol. The summed E-state index contributed by atoms with van der Waals surface area (Å²) in [5.74, 6) is -0.312. The summed E-state index contributed by atoms with van der Waals surface area (Å²) in [7, 11) is 2.00. The maximum absolute atomic E-state index is 13.9. The summed E-state index contributed by atoms with van der Waals surface area (Å²) >= 11 is 0. The van der Waals surface area contributed by atoms with Gasteiger partial charge in [0.1, 0.15) is 12.6 Å². The third-order valence-corrected chi connectivity index (χ3v) is 6.29. The van der Waals surface area contributed by atoms with Crippen molar-refractivity contribution in [2.24, 2.45) is 17.8 Å². The fraction of sp³-hybridized carbons (Fsp3) is 0.632. The van der Waals surface area contributed by atoms with Crippen molar-refractivity contribution in [3.63, 3.8) is 0 Å². The Labute approximate surface area is 141 Å². The highest BCUT2D eigenvalue weighted by Gasteiger charge is 2.52. The van der Waals surface area contributed by atoms with E-state index in [1.807, 2.05) is 13.8 Å². The molecule has 2 nitrogen and oxygen atoms in total. The van der Waals surface area contributed by atoms with Crippen molar-refractivity contribution < 1.29 is 18.0 Å². The highest BCUT2D eigenvalue weighted by molar-refractivity contribution is 5.21. The van der Waals surface area contributed by atoms with E-state index < -0.39 is 17.5 Å². The SMILES string of the molecule is C=O.CN(Cc1cc(F)cc(F)c1F)C12CC3CC(CC(C3)C1)C2. The molecule has 0 radical (unpaired) electrons. The van der Waals surface area contributed by atoms with Gasteiger partial charge < -0.3 is 4.79 Å². The largest absolute Gasteiger partial charge is 0.307 e. The monoisotopic (exact) mass is 339 g/mol. The van der Waals surface area contributed by atoms with E-state index in [0.29, 0.717) is 6.07 Å². The van der Waals surface area contributed by atoms with Crippen LogP contribution in [0.25, 0.3) is 0 Å². The van der Waals surface area contributed by atoms with E-state index in [4.69, 9.17) is 4.79 Å². The molecular weight excluding hydrogens is 315 g/mol. The molecule has 24 heavy (non-hydrogen) atoms. The average molecular weight is 339 g/mol. The Kier molecular flexibility index (Phi) is 4.73. The van der Waals surface area contributed by atoms with Crippen LogP contribution in [0.3, 0.4) is 0 Å². The van der Waals surface area contributed by atoms with Gasteiger partial charge in [-0.1, -0.05) is 0 Å². The Hall–Kier alpha value is -1.36. The molecule has 4 bridgehead atoms. The highest BCUT2D eigenvalue weighted by Crippen LogP contribution is 2.57. The zero-order valence-corrected chi connectivity index (χ0v) is 14.0. The molecule has 0 N–H and O–H groups in total. The van der Waals surface area contributed by atoms with Crippen LogP contribution < -0.4 is 0 Å². The van der Waals surface area contributed by atoms with E-state index in [1.54, 1.807) is 0 Å². The van der Waals surface area contributed by atoms with E-state index >= 15 is 0 Å². The molecule has 0 amide bonds. The molecule has 0 spiro atoms. The van der Waals surface area contributed by atoms with Gasteiger partial charge in [-0.05, 0) is 69.4 Å². The van der Waals surface area contributed by atoms with Crippen LogP contribution >= 0.6 is 0 Å². The number of benzene rings is 1. The minimum absolute atomic E-state index is 0.115. The second-order valence-electron chi connectivity index (χ2n) is 7.86. The Morgan fingerprint density at radius 2 is 1.54 bits per heavy atom. The van der Waals surface area contributed by atoms with E-state index in [-0.39, 0.29) is 17.6 Å². The molecule has 5 rings (SSSR count). The van der Waals surface area contributed by atoms with Gasteiger partial charge in [0.25, 0.3) is 0 Å². The molecule has 4 aliphatic carbocycles. The lowest BCUT2D eigenvalue weighted by molar-refractivity contribution is -0.0980. The Bertz CT molecular complexity index is 584. The van der Waals surface area contributed by atoms with Gasteiger partial charge in [0, 0.05) is 23.7 Å².